The number of methoxy groups -OCH3 is 1. The molecule has 1 aromatic carbocycles. The Labute approximate surface area is 148 Å². The molecule has 1 atom stereocenters. The second kappa shape index (κ2) is 7.58. The van der Waals surface area contributed by atoms with E-state index in [1.54, 1.807) is 16.4 Å². The third-order valence-electron chi connectivity index (χ3n) is 4.67. The first-order chi connectivity index (χ1) is 11.5. The van der Waals surface area contributed by atoms with Crippen molar-refractivity contribution in [3.63, 3.8) is 0 Å². The quantitative estimate of drug-likeness (QED) is 0.804. The van der Waals surface area contributed by atoms with Crippen LogP contribution >= 0.6 is 11.6 Å². The molecule has 0 amide bonds. The molecule has 0 aliphatic carbocycles. The van der Waals surface area contributed by atoms with Gasteiger partial charge in [-0.25, -0.2) is 8.42 Å². The average molecular weight is 375 g/mol. The Morgan fingerprint density at radius 3 is 2.75 bits per heavy atom. The molecular weight excluding hydrogens is 352 g/mol. The summed E-state index contributed by atoms with van der Waals surface area (Å²) in [5.74, 6) is 0.471. The first-order valence-electron chi connectivity index (χ1n) is 8.18. The number of hydrogen-bond acceptors (Lipinski definition) is 5. The van der Waals surface area contributed by atoms with Crippen LogP contribution in [-0.4, -0.2) is 70.2 Å². The van der Waals surface area contributed by atoms with E-state index in [1.165, 1.54) is 13.2 Å². The molecule has 0 radical (unpaired) electrons. The van der Waals surface area contributed by atoms with Crippen LogP contribution in [0.3, 0.4) is 0 Å². The lowest BCUT2D eigenvalue weighted by molar-refractivity contribution is 0.147. The maximum atomic E-state index is 12.9. The number of sulfonamides is 1. The van der Waals surface area contributed by atoms with Gasteiger partial charge in [0.15, 0.2) is 0 Å². The molecular formula is C16H23ClN2O4S. The number of rotatable bonds is 4. The van der Waals surface area contributed by atoms with Crippen molar-refractivity contribution in [2.24, 2.45) is 0 Å². The van der Waals surface area contributed by atoms with Gasteiger partial charge in [-0.2, -0.15) is 4.31 Å². The van der Waals surface area contributed by atoms with Crippen LogP contribution in [0.25, 0.3) is 0 Å². The van der Waals surface area contributed by atoms with Crippen molar-refractivity contribution in [3.05, 3.63) is 23.2 Å². The standard InChI is InChI=1S/C16H23ClN2O4S/c1-22-16-4-3-14(11-15(16)17)24(20,21)19-7-2-6-18(8-9-19)13-5-10-23-12-13/h3-4,11,13H,2,5-10,12H2,1H3. The minimum atomic E-state index is -3.54. The highest BCUT2D eigenvalue weighted by Gasteiger charge is 2.30. The third-order valence-corrected chi connectivity index (χ3v) is 6.86. The Kier molecular flexibility index (Phi) is 5.66. The minimum absolute atomic E-state index is 0.214. The van der Waals surface area contributed by atoms with Crippen molar-refractivity contribution in [3.8, 4) is 5.75 Å². The van der Waals surface area contributed by atoms with Crippen LogP contribution in [0.4, 0.5) is 0 Å². The van der Waals surface area contributed by atoms with Gasteiger partial charge in [-0.3, -0.25) is 4.90 Å². The second-order valence-electron chi connectivity index (χ2n) is 6.11. The molecule has 2 heterocycles. The molecule has 0 N–H and O–H groups in total. The Bertz CT molecular complexity index is 677. The molecule has 2 aliphatic rings. The largest absolute Gasteiger partial charge is 0.495 e. The number of ether oxygens (including phenoxy) is 2. The highest BCUT2D eigenvalue weighted by molar-refractivity contribution is 7.89. The molecule has 3 rings (SSSR count). The zero-order valence-electron chi connectivity index (χ0n) is 13.8. The van der Waals surface area contributed by atoms with Gasteiger partial charge in [0.1, 0.15) is 5.75 Å². The summed E-state index contributed by atoms with van der Waals surface area (Å²) in [5, 5.41) is 0.304. The van der Waals surface area contributed by atoms with Crippen molar-refractivity contribution in [2.45, 2.75) is 23.8 Å². The van der Waals surface area contributed by atoms with Gasteiger partial charge < -0.3 is 9.47 Å². The highest BCUT2D eigenvalue weighted by Crippen LogP contribution is 2.29. The predicted octanol–water partition coefficient (Wildman–Crippen LogP) is 1.83. The van der Waals surface area contributed by atoms with Gasteiger partial charge in [-0.05, 0) is 37.6 Å². The molecule has 0 bridgehead atoms. The van der Waals surface area contributed by atoms with Crippen molar-refractivity contribution in [2.75, 3.05) is 46.5 Å². The summed E-state index contributed by atoms with van der Waals surface area (Å²) in [7, 11) is -2.04. The van der Waals surface area contributed by atoms with Crippen molar-refractivity contribution >= 4 is 21.6 Å². The van der Waals surface area contributed by atoms with Gasteiger partial charge >= 0.3 is 0 Å². The van der Waals surface area contributed by atoms with Crippen LogP contribution in [0.15, 0.2) is 23.1 Å². The van der Waals surface area contributed by atoms with E-state index >= 15 is 0 Å². The van der Waals surface area contributed by atoms with Gasteiger partial charge in [-0.15, -0.1) is 0 Å². The van der Waals surface area contributed by atoms with E-state index in [-0.39, 0.29) is 4.90 Å². The summed E-state index contributed by atoms with van der Waals surface area (Å²) in [6, 6.07) is 5.02. The van der Waals surface area contributed by atoms with Crippen LogP contribution in [0.5, 0.6) is 5.75 Å². The van der Waals surface area contributed by atoms with Gasteiger partial charge in [0, 0.05) is 32.3 Å². The number of halogens is 1. The number of benzene rings is 1. The summed E-state index contributed by atoms with van der Waals surface area (Å²) < 4.78 is 37.9. The Morgan fingerprint density at radius 1 is 1.25 bits per heavy atom. The second-order valence-corrected chi connectivity index (χ2v) is 8.45. The van der Waals surface area contributed by atoms with E-state index in [4.69, 9.17) is 21.1 Å². The van der Waals surface area contributed by atoms with E-state index < -0.39 is 10.0 Å². The van der Waals surface area contributed by atoms with Crippen LogP contribution in [0.2, 0.25) is 5.02 Å². The Hall–Kier alpha value is -0.860. The predicted molar refractivity (Wildman–Crippen MR) is 92.2 cm³/mol. The first-order valence-corrected chi connectivity index (χ1v) is 9.99. The lowest BCUT2D eigenvalue weighted by Crippen LogP contribution is -2.39. The monoisotopic (exact) mass is 374 g/mol. The van der Waals surface area contributed by atoms with E-state index in [9.17, 15) is 8.42 Å². The summed E-state index contributed by atoms with van der Waals surface area (Å²) >= 11 is 6.09. The van der Waals surface area contributed by atoms with Crippen LogP contribution in [0.1, 0.15) is 12.8 Å². The molecule has 1 aromatic rings. The average Bonchev–Trinajstić information content (AvgIpc) is 2.98. The topological polar surface area (TPSA) is 59.1 Å². The molecule has 2 aliphatic heterocycles. The summed E-state index contributed by atoms with van der Waals surface area (Å²) in [5.41, 5.74) is 0. The molecule has 24 heavy (non-hydrogen) atoms. The molecule has 2 saturated heterocycles. The van der Waals surface area contributed by atoms with Crippen LogP contribution < -0.4 is 4.74 Å². The lowest BCUT2D eigenvalue weighted by Gasteiger charge is -2.26. The van der Waals surface area contributed by atoms with E-state index in [2.05, 4.69) is 4.90 Å². The van der Waals surface area contributed by atoms with Crippen LogP contribution in [0, 0.1) is 0 Å². The molecule has 1 unspecified atom stereocenters. The van der Waals surface area contributed by atoms with Gasteiger partial charge in [0.2, 0.25) is 10.0 Å². The smallest absolute Gasteiger partial charge is 0.243 e. The van der Waals surface area contributed by atoms with Crippen molar-refractivity contribution in [1.29, 1.82) is 0 Å². The minimum Gasteiger partial charge on any atom is -0.495 e. The number of hydrogen-bond donors (Lipinski definition) is 0. The summed E-state index contributed by atoms with van der Waals surface area (Å²) in [6.07, 6.45) is 1.85. The molecule has 134 valence electrons. The van der Waals surface area contributed by atoms with E-state index in [0.29, 0.717) is 29.9 Å². The Balaban J connectivity index is 1.73. The SMILES string of the molecule is COc1ccc(S(=O)(=O)N2CCCN(C3CCOC3)CC2)cc1Cl. The first kappa shape index (κ1) is 17.9. The summed E-state index contributed by atoms with van der Waals surface area (Å²) in [4.78, 5) is 2.56. The van der Waals surface area contributed by atoms with Gasteiger partial charge in [-0.1, -0.05) is 11.6 Å². The van der Waals surface area contributed by atoms with Crippen molar-refractivity contribution < 1.29 is 17.9 Å². The fourth-order valence-electron chi connectivity index (χ4n) is 3.29. The Morgan fingerprint density at radius 2 is 2.08 bits per heavy atom. The fourth-order valence-corrected chi connectivity index (χ4v) is 5.10. The maximum absolute atomic E-state index is 12.9. The van der Waals surface area contributed by atoms with Gasteiger partial charge in [0.25, 0.3) is 0 Å². The molecule has 0 aromatic heterocycles. The van der Waals surface area contributed by atoms with Crippen molar-refractivity contribution in [1.82, 2.24) is 9.21 Å². The number of nitrogens with zero attached hydrogens (tertiary/aromatic N) is 2. The van der Waals surface area contributed by atoms with E-state index in [1.807, 2.05) is 0 Å². The molecule has 6 nitrogen and oxygen atoms in total. The fraction of sp³-hybridized carbons (Fsp3) is 0.625. The zero-order valence-corrected chi connectivity index (χ0v) is 15.4. The third kappa shape index (κ3) is 3.70. The zero-order chi connectivity index (χ0) is 17.2. The molecule has 0 saturated carbocycles. The molecule has 0 spiro atoms. The van der Waals surface area contributed by atoms with Gasteiger partial charge in [0.05, 0.1) is 23.6 Å². The van der Waals surface area contributed by atoms with E-state index in [0.717, 1.165) is 39.1 Å². The normalized spacial score (nSPS) is 24.0. The molecule has 2 fully saturated rings. The molecule has 8 heteroatoms. The van der Waals surface area contributed by atoms with Crippen LogP contribution in [-0.2, 0) is 14.8 Å². The lowest BCUT2D eigenvalue weighted by atomic mass is 10.2. The maximum Gasteiger partial charge on any atom is 0.243 e. The summed E-state index contributed by atoms with van der Waals surface area (Å²) in [6.45, 7) is 4.20. The highest BCUT2D eigenvalue weighted by atomic mass is 35.5.